The smallest absolute Gasteiger partial charge is 0.321 e. The number of amides is 2. The van der Waals surface area contributed by atoms with E-state index in [1.807, 2.05) is 30.3 Å². The lowest BCUT2D eigenvalue weighted by atomic mass is 10.0. The minimum Gasteiger partial charge on any atom is -0.321 e. The molecule has 0 heterocycles. The van der Waals surface area contributed by atoms with Crippen LogP contribution in [0.2, 0.25) is 0 Å². The zero-order chi connectivity index (χ0) is 15.9. The van der Waals surface area contributed by atoms with Gasteiger partial charge in [-0.25, -0.2) is 9.18 Å². The molecule has 22 heavy (non-hydrogen) atoms. The summed E-state index contributed by atoms with van der Waals surface area (Å²) in [7, 11) is 1.77. The third-order valence-corrected chi connectivity index (χ3v) is 3.63. The van der Waals surface area contributed by atoms with Crippen LogP contribution in [-0.2, 0) is 0 Å². The number of anilines is 1. The van der Waals surface area contributed by atoms with Gasteiger partial charge in [0.05, 0.1) is 6.04 Å². The molecule has 3 nitrogen and oxygen atoms in total. The Morgan fingerprint density at radius 2 is 1.77 bits per heavy atom. The summed E-state index contributed by atoms with van der Waals surface area (Å²) in [5, 5.41) is 2.87. The van der Waals surface area contributed by atoms with E-state index in [0.717, 1.165) is 24.1 Å². The summed E-state index contributed by atoms with van der Waals surface area (Å²) in [6, 6.07) is 15.4. The fourth-order valence-corrected chi connectivity index (χ4v) is 2.42. The standard InChI is InChI=1S/C18H21FN2O/c1-3-7-17(14-10-12-15(19)13-11-14)21(2)18(22)20-16-8-5-4-6-9-16/h4-6,8-13,17H,3,7H2,1-2H3,(H,20,22). The number of nitrogens with one attached hydrogen (secondary N) is 1. The number of hydrogen-bond donors (Lipinski definition) is 1. The van der Waals surface area contributed by atoms with Gasteiger partial charge in [-0.1, -0.05) is 43.7 Å². The highest BCUT2D eigenvalue weighted by Gasteiger charge is 2.21. The molecule has 2 amide bonds. The van der Waals surface area contributed by atoms with Gasteiger partial charge in [0.25, 0.3) is 0 Å². The summed E-state index contributed by atoms with van der Waals surface area (Å²) >= 11 is 0. The predicted octanol–water partition coefficient (Wildman–Crippen LogP) is 4.83. The van der Waals surface area contributed by atoms with Gasteiger partial charge in [0.2, 0.25) is 0 Å². The molecule has 0 fully saturated rings. The number of rotatable bonds is 5. The first-order valence-corrected chi connectivity index (χ1v) is 7.46. The lowest BCUT2D eigenvalue weighted by molar-refractivity contribution is 0.200. The van der Waals surface area contributed by atoms with Gasteiger partial charge in [-0.15, -0.1) is 0 Å². The Balaban J connectivity index is 2.13. The van der Waals surface area contributed by atoms with Crippen molar-refractivity contribution in [3.63, 3.8) is 0 Å². The highest BCUT2D eigenvalue weighted by Crippen LogP contribution is 2.25. The minimum atomic E-state index is -0.268. The van der Waals surface area contributed by atoms with Crippen molar-refractivity contribution in [1.82, 2.24) is 4.90 Å². The Bertz CT molecular complexity index is 598. The van der Waals surface area contributed by atoms with Gasteiger partial charge in [-0.05, 0) is 36.2 Å². The Labute approximate surface area is 130 Å². The first kappa shape index (κ1) is 16.0. The third kappa shape index (κ3) is 4.07. The quantitative estimate of drug-likeness (QED) is 0.842. The Morgan fingerprint density at radius 1 is 1.14 bits per heavy atom. The third-order valence-electron chi connectivity index (χ3n) is 3.63. The van der Waals surface area contributed by atoms with Gasteiger partial charge >= 0.3 is 6.03 Å². The first-order chi connectivity index (χ1) is 10.6. The molecular weight excluding hydrogens is 279 g/mol. The van der Waals surface area contributed by atoms with Crippen LogP contribution in [0, 0.1) is 5.82 Å². The van der Waals surface area contributed by atoms with Gasteiger partial charge < -0.3 is 10.2 Å². The van der Waals surface area contributed by atoms with Gasteiger partial charge in [-0.3, -0.25) is 0 Å². The first-order valence-electron chi connectivity index (χ1n) is 7.46. The van der Waals surface area contributed by atoms with Crippen LogP contribution in [0.5, 0.6) is 0 Å². The van der Waals surface area contributed by atoms with Crippen molar-refractivity contribution < 1.29 is 9.18 Å². The molecule has 0 spiro atoms. The average molecular weight is 300 g/mol. The van der Waals surface area contributed by atoms with Crippen molar-refractivity contribution in [2.75, 3.05) is 12.4 Å². The zero-order valence-corrected chi connectivity index (χ0v) is 12.9. The average Bonchev–Trinajstić information content (AvgIpc) is 2.54. The maximum absolute atomic E-state index is 13.1. The van der Waals surface area contributed by atoms with Crippen LogP contribution in [-0.4, -0.2) is 18.0 Å². The van der Waals surface area contributed by atoms with Crippen LogP contribution < -0.4 is 5.32 Å². The summed E-state index contributed by atoms with van der Waals surface area (Å²) in [5.74, 6) is -0.268. The van der Waals surface area contributed by atoms with Crippen LogP contribution >= 0.6 is 0 Å². The molecule has 2 rings (SSSR count). The predicted molar refractivity (Wildman–Crippen MR) is 87.3 cm³/mol. The molecule has 0 aliphatic carbocycles. The van der Waals surface area contributed by atoms with Gasteiger partial charge in [0.1, 0.15) is 5.82 Å². The molecule has 2 aromatic carbocycles. The second kappa shape index (κ2) is 7.59. The van der Waals surface area contributed by atoms with E-state index >= 15 is 0 Å². The zero-order valence-electron chi connectivity index (χ0n) is 12.9. The van der Waals surface area contributed by atoms with Crippen LogP contribution in [0.4, 0.5) is 14.9 Å². The molecule has 116 valence electrons. The molecule has 0 aliphatic rings. The molecule has 0 aliphatic heterocycles. The summed E-state index contributed by atoms with van der Waals surface area (Å²) in [6.07, 6.45) is 1.76. The molecule has 0 radical (unpaired) electrons. The summed E-state index contributed by atoms with van der Waals surface area (Å²) < 4.78 is 13.1. The number of urea groups is 1. The monoisotopic (exact) mass is 300 g/mol. The normalized spacial score (nSPS) is 11.8. The molecule has 0 saturated heterocycles. The van der Waals surface area contributed by atoms with Gasteiger partial charge in [0.15, 0.2) is 0 Å². The highest BCUT2D eigenvalue weighted by atomic mass is 19.1. The lowest BCUT2D eigenvalue weighted by Gasteiger charge is -2.28. The molecule has 0 bridgehead atoms. The summed E-state index contributed by atoms with van der Waals surface area (Å²) in [6.45, 7) is 2.07. The number of para-hydroxylation sites is 1. The second-order valence-corrected chi connectivity index (χ2v) is 5.26. The minimum absolute atomic E-state index is 0.0747. The molecule has 0 aromatic heterocycles. The molecule has 1 N–H and O–H groups in total. The van der Waals surface area contributed by atoms with Crippen molar-refractivity contribution >= 4 is 11.7 Å². The topological polar surface area (TPSA) is 32.3 Å². The van der Waals surface area contributed by atoms with Gasteiger partial charge in [0, 0.05) is 12.7 Å². The van der Waals surface area contributed by atoms with Crippen molar-refractivity contribution in [1.29, 1.82) is 0 Å². The second-order valence-electron chi connectivity index (χ2n) is 5.26. The number of carbonyl (C=O) groups excluding carboxylic acids is 1. The number of carbonyl (C=O) groups is 1. The van der Waals surface area contributed by atoms with E-state index in [1.165, 1.54) is 12.1 Å². The number of hydrogen-bond acceptors (Lipinski definition) is 1. The van der Waals surface area contributed by atoms with Crippen LogP contribution in [0.1, 0.15) is 31.4 Å². The molecule has 1 atom stereocenters. The summed E-state index contributed by atoms with van der Waals surface area (Å²) in [5.41, 5.74) is 1.70. The van der Waals surface area contributed by atoms with Crippen LogP contribution in [0.25, 0.3) is 0 Å². The Hall–Kier alpha value is -2.36. The SMILES string of the molecule is CCCC(c1ccc(F)cc1)N(C)C(=O)Nc1ccccc1. The van der Waals surface area contributed by atoms with Gasteiger partial charge in [-0.2, -0.15) is 0 Å². The summed E-state index contributed by atoms with van der Waals surface area (Å²) in [4.78, 5) is 14.1. The van der Waals surface area contributed by atoms with E-state index in [4.69, 9.17) is 0 Å². The maximum Gasteiger partial charge on any atom is 0.322 e. The van der Waals surface area contributed by atoms with Crippen molar-refractivity contribution in [2.24, 2.45) is 0 Å². The number of benzene rings is 2. The van der Waals surface area contributed by atoms with Crippen molar-refractivity contribution in [3.8, 4) is 0 Å². The van der Waals surface area contributed by atoms with E-state index in [-0.39, 0.29) is 17.9 Å². The maximum atomic E-state index is 13.1. The van der Waals surface area contributed by atoms with Crippen LogP contribution in [0.15, 0.2) is 54.6 Å². The largest absolute Gasteiger partial charge is 0.322 e. The molecule has 0 saturated carbocycles. The molecule has 2 aromatic rings. The Morgan fingerprint density at radius 3 is 2.36 bits per heavy atom. The Kier molecular flexibility index (Phi) is 5.53. The van der Waals surface area contributed by atoms with E-state index in [9.17, 15) is 9.18 Å². The highest BCUT2D eigenvalue weighted by molar-refractivity contribution is 5.89. The van der Waals surface area contributed by atoms with Crippen molar-refractivity contribution in [3.05, 3.63) is 66.0 Å². The molecule has 4 heteroatoms. The fraction of sp³-hybridized carbons (Fsp3) is 0.278. The van der Waals surface area contributed by atoms with E-state index in [1.54, 1.807) is 24.1 Å². The van der Waals surface area contributed by atoms with Crippen molar-refractivity contribution in [2.45, 2.75) is 25.8 Å². The molecule has 1 unspecified atom stereocenters. The lowest BCUT2D eigenvalue weighted by Crippen LogP contribution is -2.34. The molecular formula is C18H21FN2O. The van der Waals surface area contributed by atoms with E-state index in [2.05, 4.69) is 12.2 Å². The van der Waals surface area contributed by atoms with E-state index in [0.29, 0.717) is 0 Å². The number of halogens is 1. The fourth-order valence-electron chi connectivity index (χ4n) is 2.42. The van der Waals surface area contributed by atoms with E-state index < -0.39 is 0 Å². The number of nitrogens with zero attached hydrogens (tertiary/aromatic N) is 1. The van der Waals surface area contributed by atoms with Crippen LogP contribution in [0.3, 0.4) is 0 Å².